The number of carbonyl (C=O) groups is 2. The number of hydrogen-bond donors (Lipinski definition) is 2. The van der Waals surface area contributed by atoms with Gasteiger partial charge in [-0.25, -0.2) is 0 Å². The highest BCUT2D eigenvalue weighted by Gasteiger charge is 2.25. The minimum atomic E-state index is -0.892. The number of carboxylic acids is 1. The van der Waals surface area contributed by atoms with Crippen molar-refractivity contribution >= 4 is 23.3 Å². The first-order valence-electron chi connectivity index (χ1n) is 7.80. The average Bonchev–Trinajstić information content (AvgIpc) is 2.46. The van der Waals surface area contributed by atoms with Gasteiger partial charge in [0.15, 0.2) is 0 Å². The number of benzene rings is 1. The van der Waals surface area contributed by atoms with Gasteiger partial charge in [0.1, 0.15) is 0 Å². The van der Waals surface area contributed by atoms with Crippen LogP contribution in [0, 0.1) is 5.41 Å². The number of amides is 1. The molecule has 1 saturated heterocycles. The average molecular weight is 320 g/mol. The van der Waals surface area contributed by atoms with E-state index >= 15 is 0 Å². The number of aliphatic carboxylic acids is 1. The van der Waals surface area contributed by atoms with Crippen LogP contribution >= 0.6 is 0 Å². The van der Waals surface area contributed by atoms with E-state index in [0.29, 0.717) is 13.2 Å². The molecule has 0 aromatic heterocycles. The molecule has 0 bridgehead atoms. The predicted octanol–water partition coefficient (Wildman–Crippen LogP) is 2.35. The van der Waals surface area contributed by atoms with Crippen LogP contribution in [0.25, 0.3) is 0 Å². The number of ether oxygens (including phenoxy) is 1. The molecule has 6 heteroatoms. The fraction of sp³-hybridized carbons (Fsp3) is 0.529. The standard InChI is InChI=1S/C17H24N2O4/c1-17(2,12-16(21)22)11-15(20)18-13-4-3-5-14(10-13)19-6-8-23-9-7-19/h3-5,10H,6-9,11-12H2,1-2H3,(H,18,20)(H,21,22). The molecule has 1 heterocycles. The second-order valence-corrected chi connectivity index (χ2v) is 6.61. The lowest BCUT2D eigenvalue weighted by Crippen LogP contribution is -2.36. The second-order valence-electron chi connectivity index (χ2n) is 6.61. The number of carbonyl (C=O) groups excluding carboxylic acids is 1. The quantitative estimate of drug-likeness (QED) is 0.841. The molecule has 0 atom stereocenters. The molecule has 126 valence electrons. The summed E-state index contributed by atoms with van der Waals surface area (Å²) in [6.45, 7) is 6.65. The highest BCUT2D eigenvalue weighted by atomic mass is 16.5. The van der Waals surface area contributed by atoms with Crippen LogP contribution in [0.4, 0.5) is 11.4 Å². The molecule has 1 aromatic carbocycles. The number of anilines is 2. The van der Waals surface area contributed by atoms with E-state index in [1.165, 1.54) is 0 Å². The van der Waals surface area contributed by atoms with Crippen molar-refractivity contribution in [1.82, 2.24) is 0 Å². The van der Waals surface area contributed by atoms with E-state index in [4.69, 9.17) is 9.84 Å². The zero-order valence-corrected chi connectivity index (χ0v) is 13.7. The van der Waals surface area contributed by atoms with E-state index in [2.05, 4.69) is 10.2 Å². The van der Waals surface area contributed by atoms with Gasteiger partial charge in [-0.1, -0.05) is 19.9 Å². The number of nitrogens with one attached hydrogen (secondary N) is 1. The molecule has 2 N–H and O–H groups in total. The normalized spacial score (nSPS) is 15.3. The van der Waals surface area contributed by atoms with Crippen molar-refractivity contribution < 1.29 is 19.4 Å². The first-order valence-corrected chi connectivity index (χ1v) is 7.80. The molecule has 1 aliphatic heterocycles. The molecule has 0 saturated carbocycles. The van der Waals surface area contributed by atoms with Gasteiger partial charge in [-0.05, 0) is 23.6 Å². The van der Waals surface area contributed by atoms with Crippen molar-refractivity contribution in [2.24, 2.45) is 5.41 Å². The maximum absolute atomic E-state index is 12.2. The van der Waals surface area contributed by atoms with Gasteiger partial charge in [0.2, 0.25) is 5.91 Å². The molecule has 0 spiro atoms. The maximum atomic E-state index is 12.2. The second kappa shape index (κ2) is 7.46. The molecule has 1 aromatic rings. The molecule has 0 aliphatic carbocycles. The van der Waals surface area contributed by atoms with Gasteiger partial charge in [0.05, 0.1) is 19.6 Å². The van der Waals surface area contributed by atoms with Crippen molar-refractivity contribution in [3.05, 3.63) is 24.3 Å². The summed E-state index contributed by atoms with van der Waals surface area (Å²) >= 11 is 0. The van der Waals surface area contributed by atoms with E-state index in [-0.39, 0.29) is 18.7 Å². The summed E-state index contributed by atoms with van der Waals surface area (Å²) in [5, 5.41) is 11.7. The summed E-state index contributed by atoms with van der Waals surface area (Å²) in [6, 6.07) is 7.69. The minimum Gasteiger partial charge on any atom is -0.481 e. The minimum absolute atomic E-state index is 0.0335. The Labute approximate surface area is 136 Å². The Hall–Kier alpha value is -2.08. The molecular formula is C17H24N2O4. The Bertz CT molecular complexity index is 565. The molecule has 1 amide bonds. The van der Waals surface area contributed by atoms with E-state index < -0.39 is 11.4 Å². The molecule has 23 heavy (non-hydrogen) atoms. The maximum Gasteiger partial charge on any atom is 0.303 e. The summed E-state index contributed by atoms with van der Waals surface area (Å²) in [7, 11) is 0. The molecule has 2 rings (SSSR count). The number of morpholine rings is 1. The van der Waals surface area contributed by atoms with Crippen LogP contribution in [0.15, 0.2) is 24.3 Å². The van der Waals surface area contributed by atoms with Crippen LogP contribution < -0.4 is 10.2 Å². The lowest BCUT2D eigenvalue weighted by Gasteiger charge is -2.29. The van der Waals surface area contributed by atoms with Crippen LogP contribution in [-0.4, -0.2) is 43.3 Å². The smallest absolute Gasteiger partial charge is 0.303 e. The largest absolute Gasteiger partial charge is 0.481 e. The van der Waals surface area contributed by atoms with Crippen LogP contribution in [0.1, 0.15) is 26.7 Å². The van der Waals surface area contributed by atoms with Gasteiger partial charge in [-0.15, -0.1) is 0 Å². The molecule has 0 unspecified atom stereocenters. The van der Waals surface area contributed by atoms with E-state index in [9.17, 15) is 9.59 Å². The lowest BCUT2D eigenvalue weighted by atomic mass is 9.85. The summed E-state index contributed by atoms with van der Waals surface area (Å²) in [5.74, 6) is -1.06. The van der Waals surface area contributed by atoms with E-state index in [0.717, 1.165) is 24.5 Å². The predicted molar refractivity (Wildman–Crippen MR) is 88.8 cm³/mol. The van der Waals surface area contributed by atoms with E-state index in [1.54, 1.807) is 13.8 Å². The van der Waals surface area contributed by atoms with Crippen molar-refractivity contribution in [2.75, 3.05) is 36.5 Å². The number of hydrogen-bond acceptors (Lipinski definition) is 4. The highest BCUT2D eigenvalue weighted by molar-refractivity contribution is 5.92. The van der Waals surface area contributed by atoms with Gasteiger partial charge < -0.3 is 20.1 Å². The zero-order chi connectivity index (χ0) is 16.9. The third-order valence-corrected chi connectivity index (χ3v) is 3.78. The molecule has 0 radical (unpaired) electrons. The zero-order valence-electron chi connectivity index (χ0n) is 13.7. The first kappa shape index (κ1) is 17.3. The number of nitrogens with zero attached hydrogens (tertiary/aromatic N) is 1. The Morgan fingerprint density at radius 2 is 1.96 bits per heavy atom. The molecule has 1 aliphatic rings. The van der Waals surface area contributed by atoms with Crippen LogP contribution in [-0.2, 0) is 14.3 Å². The van der Waals surface area contributed by atoms with Gasteiger partial charge in [0, 0.05) is 30.9 Å². The lowest BCUT2D eigenvalue weighted by molar-refractivity contribution is -0.139. The number of carboxylic acid groups (broad SMARTS) is 1. The third-order valence-electron chi connectivity index (χ3n) is 3.78. The van der Waals surface area contributed by atoms with Crippen LogP contribution in [0.5, 0.6) is 0 Å². The van der Waals surface area contributed by atoms with Gasteiger partial charge >= 0.3 is 5.97 Å². The van der Waals surface area contributed by atoms with Gasteiger partial charge in [0.25, 0.3) is 0 Å². The Morgan fingerprint density at radius 3 is 2.61 bits per heavy atom. The van der Waals surface area contributed by atoms with Crippen molar-refractivity contribution in [1.29, 1.82) is 0 Å². The number of rotatable bonds is 6. The SMILES string of the molecule is CC(C)(CC(=O)O)CC(=O)Nc1cccc(N2CCOCC2)c1. The Kier molecular flexibility index (Phi) is 5.60. The van der Waals surface area contributed by atoms with Crippen LogP contribution in [0.2, 0.25) is 0 Å². The summed E-state index contributed by atoms with van der Waals surface area (Å²) < 4.78 is 5.34. The van der Waals surface area contributed by atoms with E-state index in [1.807, 2.05) is 24.3 Å². The Morgan fingerprint density at radius 1 is 1.26 bits per heavy atom. The van der Waals surface area contributed by atoms with Crippen LogP contribution in [0.3, 0.4) is 0 Å². The monoisotopic (exact) mass is 320 g/mol. The van der Waals surface area contributed by atoms with Gasteiger partial charge in [-0.2, -0.15) is 0 Å². The van der Waals surface area contributed by atoms with Crippen molar-refractivity contribution in [3.63, 3.8) is 0 Å². The Balaban J connectivity index is 1.97. The molecule has 1 fully saturated rings. The fourth-order valence-electron chi connectivity index (χ4n) is 2.71. The fourth-order valence-corrected chi connectivity index (χ4v) is 2.71. The summed E-state index contributed by atoms with van der Waals surface area (Å²) in [5.41, 5.74) is 1.21. The van der Waals surface area contributed by atoms with Crippen molar-refractivity contribution in [3.8, 4) is 0 Å². The van der Waals surface area contributed by atoms with Gasteiger partial charge in [-0.3, -0.25) is 9.59 Å². The highest BCUT2D eigenvalue weighted by Crippen LogP contribution is 2.26. The third kappa shape index (κ3) is 5.56. The summed E-state index contributed by atoms with van der Waals surface area (Å²) in [4.78, 5) is 25.2. The van der Waals surface area contributed by atoms with Crippen molar-refractivity contribution in [2.45, 2.75) is 26.7 Å². The summed E-state index contributed by atoms with van der Waals surface area (Å²) in [6.07, 6.45) is 0.134. The molecular weight excluding hydrogens is 296 g/mol. The molecule has 6 nitrogen and oxygen atoms in total. The first-order chi connectivity index (χ1) is 10.9. The topological polar surface area (TPSA) is 78.9 Å².